The zero-order valence-electron chi connectivity index (χ0n) is 19.2. The molecule has 3 rings (SSSR count). The van der Waals surface area contributed by atoms with Gasteiger partial charge < -0.3 is 9.80 Å². The number of fused-ring (bicyclic) bond motifs is 1. The van der Waals surface area contributed by atoms with Crippen molar-refractivity contribution in [2.45, 2.75) is 19.9 Å². The number of anilines is 1. The normalized spacial score (nSPS) is 10.4. The maximum absolute atomic E-state index is 13.4. The van der Waals surface area contributed by atoms with E-state index in [0.29, 0.717) is 0 Å². The second-order valence-electron chi connectivity index (χ2n) is 7.82. The minimum Gasteiger partial charge on any atom is -0.369 e. The van der Waals surface area contributed by atoms with Gasteiger partial charge in [-0.2, -0.15) is 0 Å². The van der Waals surface area contributed by atoms with Gasteiger partial charge in [-0.25, -0.2) is 0 Å². The molecule has 0 aliphatic heterocycles. The molecular weight excluding hydrogens is 400 g/mol. The van der Waals surface area contributed by atoms with E-state index in [2.05, 4.69) is 37.3 Å². The van der Waals surface area contributed by atoms with Crippen LogP contribution in [-0.2, 0) is 6.54 Å². The van der Waals surface area contributed by atoms with Crippen LogP contribution in [0, 0.1) is 26.2 Å². The molecule has 0 amide bonds. The average Bonchev–Trinajstić information content (AvgIpc) is 3.13. The number of rotatable bonds is 6. The standard InChI is InChI=1S/C23H24N2OS.C4H7/c1-7-16-8-11-19-20(13-16)27-23(25(5)6)21(19)22(26)17-9-10-18(14-24(3)4)15(2)12-17;1-3-4-2/h1,8-13H,14H2,2-6H3;3H,1-2,4H2. The Kier molecular flexibility index (Phi) is 8.62. The summed E-state index contributed by atoms with van der Waals surface area (Å²) in [6.07, 6.45) is 8.13. The molecule has 0 aliphatic carbocycles. The van der Waals surface area contributed by atoms with E-state index < -0.39 is 0 Å². The molecule has 161 valence electrons. The molecule has 0 bridgehead atoms. The van der Waals surface area contributed by atoms with Gasteiger partial charge in [0.25, 0.3) is 0 Å². The molecule has 0 aliphatic rings. The number of hydrogen-bond acceptors (Lipinski definition) is 4. The first-order chi connectivity index (χ1) is 14.7. The SMILES string of the molecule is C#Cc1ccc2c(C(=O)c3ccc(CN(C)C)c(C)c3)c(N(C)C)sc2c1.[CH2]CC=C. The van der Waals surface area contributed by atoms with Gasteiger partial charge in [-0.15, -0.1) is 24.3 Å². The Balaban J connectivity index is 0.000000785. The smallest absolute Gasteiger partial charge is 0.196 e. The van der Waals surface area contributed by atoms with Crippen LogP contribution in [0.4, 0.5) is 5.00 Å². The number of aryl methyl sites for hydroxylation is 1. The predicted molar refractivity (Wildman–Crippen MR) is 136 cm³/mol. The van der Waals surface area contributed by atoms with Crippen LogP contribution in [0.2, 0.25) is 0 Å². The maximum atomic E-state index is 13.4. The first-order valence-electron chi connectivity index (χ1n) is 10.1. The van der Waals surface area contributed by atoms with E-state index in [1.54, 1.807) is 17.4 Å². The van der Waals surface area contributed by atoms with Crippen molar-refractivity contribution >= 4 is 32.2 Å². The van der Waals surface area contributed by atoms with Crippen molar-refractivity contribution in [2.75, 3.05) is 33.1 Å². The van der Waals surface area contributed by atoms with Gasteiger partial charge in [0.15, 0.2) is 5.78 Å². The lowest BCUT2D eigenvalue weighted by Crippen LogP contribution is -2.14. The lowest BCUT2D eigenvalue weighted by atomic mass is 9.97. The molecule has 0 saturated carbocycles. The molecular formula is C27H31N2OS. The number of nitrogens with zero attached hydrogens (tertiary/aromatic N) is 2. The Bertz CT molecular complexity index is 1120. The fourth-order valence-electron chi connectivity index (χ4n) is 3.21. The minimum absolute atomic E-state index is 0.0536. The lowest BCUT2D eigenvalue weighted by molar-refractivity contribution is 0.104. The zero-order chi connectivity index (χ0) is 23.1. The van der Waals surface area contributed by atoms with Crippen molar-refractivity contribution < 1.29 is 4.79 Å². The van der Waals surface area contributed by atoms with E-state index in [4.69, 9.17) is 6.42 Å². The molecule has 0 N–H and O–H groups in total. The van der Waals surface area contributed by atoms with E-state index in [-0.39, 0.29) is 5.78 Å². The number of thiophene rings is 1. The van der Waals surface area contributed by atoms with E-state index in [1.165, 1.54) is 5.56 Å². The molecule has 3 nitrogen and oxygen atoms in total. The number of benzene rings is 2. The van der Waals surface area contributed by atoms with Gasteiger partial charge in [-0.1, -0.05) is 30.2 Å². The molecule has 1 aromatic heterocycles. The molecule has 4 heteroatoms. The third-order valence-corrected chi connectivity index (χ3v) is 6.09. The van der Waals surface area contributed by atoms with Crippen LogP contribution in [0.1, 0.15) is 39.0 Å². The summed E-state index contributed by atoms with van der Waals surface area (Å²) in [4.78, 5) is 17.5. The van der Waals surface area contributed by atoms with Crippen molar-refractivity contribution in [3.63, 3.8) is 0 Å². The number of terminal acetylenes is 1. The van der Waals surface area contributed by atoms with Crippen LogP contribution in [0.3, 0.4) is 0 Å². The summed E-state index contributed by atoms with van der Waals surface area (Å²) >= 11 is 1.60. The average molecular weight is 432 g/mol. The van der Waals surface area contributed by atoms with Crippen molar-refractivity contribution in [1.82, 2.24) is 4.90 Å². The molecule has 1 radical (unpaired) electrons. The summed E-state index contributed by atoms with van der Waals surface area (Å²) in [6, 6.07) is 11.8. The predicted octanol–water partition coefficient (Wildman–Crippen LogP) is 5.95. The quantitative estimate of drug-likeness (QED) is 0.274. The van der Waals surface area contributed by atoms with Crippen LogP contribution in [0.5, 0.6) is 0 Å². The van der Waals surface area contributed by atoms with Gasteiger partial charge in [-0.05, 0) is 63.7 Å². The van der Waals surface area contributed by atoms with Crippen molar-refractivity contribution in [3.05, 3.63) is 83.8 Å². The third-order valence-electron chi connectivity index (χ3n) is 4.77. The fourth-order valence-corrected chi connectivity index (χ4v) is 4.37. The molecule has 0 unspecified atom stereocenters. The second kappa shape index (κ2) is 10.9. The van der Waals surface area contributed by atoms with E-state index >= 15 is 0 Å². The van der Waals surface area contributed by atoms with Crippen LogP contribution < -0.4 is 4.90 Å². The maximum Gasteiger partial charge on any atom is 0.196 e. The van der Waals surface area contributed by atoms with Gasteiger partial charge in [0, 0.05) is 41.9 Å². The molecule has 0 atom stereocenters. The van der Waals surface area contributed by atoms with E-state index in [9.17, 15) is 4.79 Å². The highest BCUT2D eigenvalue weighted by molar-refractivity contribution is 7.23. The first-order valence-corrected chi connectivity index (χ1v) is 10.9. The van der Waals surface area contributed by atoms with Gasteiger partial charge in [-0.3, -0.25) is 4.79 Å². The topological polar surface area (TPSA) is 23.6 Å². The highest BCUT2D eigenvalue weighted by Gasteiger charge is 2.22. The summed E-state index contributed by atoms with van der Waals surface area (Å²) in [5.74, 6) is 2.72. The van der Waals surface area contributed by atoms with Gasteiger partial charge in [0.1, 0.15) is 5.00 Å². The van der Waals surface area contributed by atoms with Gasteiger partial charge in [0.2, 0.25) is 0 Å². The highest BCUT2D eigenvalue weighted by atomic mass is 32.1. The summed E-state index contributed by atoms with van der Waals surface area (Å²) in [6.45, 7) is 9.83. The second-order valence-corrected chi connectivity index (χ2v) is 8.85. The van der Waals surface area contributed by atoms with Crippen LogP contribution in [0.25, 0.3) is 10.1 Å². The molecule has 0 fully saturated rings. The summed E-state index contributed by atoms with van der Waals surface area (Å²) in [5, 5.41) is 1.92. The fraction of sp³-hybridized carbons (Fsp3) is 0.259. The van der Waals surface area contributed by atoms with E-state index in [1.807, 2.05) is 63.4 Å². The Morgan fingerprint density at radius 1 is 1.16 bits per heavy atom. The Morgan fingerprint density at radius 3 is 2.35 bits per heavy atom. The Hall–Kier alpha value is -2.87. The molecule has 2 aromatic carbocycles. The first kappa shape index (κ1) is 24.4. The lowest BCUT2D eigenvalue weighted by Gasteiger charge is -2.15. The van der Waals surface area contributed by atoms with Crippen molar-refractivity contribution in [1.29, 1.82) is 0 Å². The van der Waals surface area contributed by atoms with Crippen LogP contribution >= 0.6 is 11.3 Å². The highest BCUT2D eigenvalue weighted by Crippen LogP contribution is 2.39. The van der Waals surface area contributed by atoms with Crippen LogP contribution in [0.15, 0.2) is 49.1 Å². The number of ketones is 1. The molecule has 3 aromatic rings. The molecule has 1 heterocycles. The summed E-state index contributed by atoms with van der Waals surface area (Å²) in [5.41, 5.74) is 4.67. The molecule has 0 spiro atoms. The largest absolute Gasteiger partial charge is 0.369 e. The Labute approximate surface area is 191 Å². The number of carbonyl (C=O) groups excluding carboxylic acids is 1. The zero-order valence-corrected chi connectivity index (χ0v) is 20.0. The van der Waals surface area contributed by atoms with Gasteiger partial charge >= 0.3 is 0 Å². The number of hydrogen-bond donors (Lipinski definition) is 0. The van der Waals surface area contributed by atoms with Crippen molar-refractivity contribution in [2.24, 2.45) is 0 Å². The monoisotopic (exact) mass is 431 g/mol. The third kappa shape index (κ3) is 5.85. The van der Waals surface area contributed by atoms with Crippen LogP contribution in [-0.4, -0.2) is 38.9 Å². The molecule has 0 saturated heterocycles. The number of allylic oxidation sites excluding steroid dienone is 1. The summed E-state index contributed by atoms with van der Waals surface area (Å²) < 4.78 is 1.04. The van der Waals surface area contributed by atoms with Gasteiger partial charge in [0.05, 0.1) is 5.56 Å². The van der Waals surface area contributed by atoms with E-state index in [0.717, 1.165) is 50.3 Å². The summed E-state index contributed by atoms with van der Waals surface area (Å²) in [7, 11) is 8.03. The molecule has 31 heavy (non-hydrogen) atoms. The minimum atomic E-state index is 0.0536. The number of carbonyl (C=O) groups is 1. The van der Waals surface area contributed by atoms with Crippen molar-refractivity contribution in [3.8, 4) is 12.3 Å². The Morgan fingerprint density at radius 2 is 1.84 bits per heavy atom.